The fourth-order valence-electron chi connectivity index (χ4n) is 2.92. The molecular weight excluding hydrogens is 370 g/mol. The number of para-hydroxylation sites is 1. The Hall–Kier alpha value is -3.61. The summed E-state index contributed by atoms with van der Waals surface area (Å²) in [6, 6.07) is 16.3. The Kier molecular flexibility index (Phi) is 6.63. The zero-order chi connectivity index (χ0) is 20.6. The summed E-state index contributed by atoms with van der Waals surface area (Å²) in [4.78, 5) is 28.8. The molecule has 0 radical (unpaired) electrons. The fraction of sp³-hybridized carbons (Fsp3) is 0.227. The third kappa shape index (κ3) is 5.22. The topological polar surface area (TPSA) is 82.5 Å². The molecule has 1 amide bonds. The van der Waals surface area contributed by atoms with Gasteiger partial charge in [0.1, 0.15) is 18.0 Å². The van der Waals surface area contributed by atoms with E-state index >= 15 is 0 Å². The van der Waals surface area contributed by atoms with Crippen molar-refractivity contribution >= 4 is 5.91 Å². The molecule has 0 saturated carbocycles. The molecule has 3 aromatic rings. The van der Waals surface area contributed by atoms with E-state index in [0.29, 0.717) is 18.7 Å². The fourth-order valence-corrected chi connectivity index (χ4v) is 2.92. The van der Waals surface area contributed by atoms with Crippen LogP contribution in [0.4, 0.5) is 0 Å². The van der Waals surface area contributed by atoms with Crippen LogP contribution in [-0.4, -0.2) is 36.2 Å². The Bertz CT molecular complexity index is 1030. The van der Waals surface area contributed by atoms with Gasteiger partial charge in [-0.25, -0.2) is 4.98 Å². The van der Waals surface area contributed by atoms with Crippen molar-refractivity contribution in [3.8, 4) is 22.8 Å². The van der Waals surface area contributed by atoms with Crippen molar-refractivity contribution in [3.63, 3.8) is 0 Å². The number of carbonyl (C=O) groups excluding carboxylic acids is 1. The first-order valence-electron chi connectivity index (χ1n) is 9.20. The molecule has 0 bridgehead atoms. The average molecular weight is 393 g/mol. The van der Waals surface area contributed by atoms with Crippen molar-refractivity contribution in [3.05, 3.63) is 76.8 Å². The molecule has 1 N–H and O–H groups in total. The van der Waals surface area contributed by atoms with Crippen LogP contribution in [-0.2, 0) is 17.8 Å². The van der Waals surface area contributed by atoms with Crippen molar-refractivity contribution in [2.75, 3.05) is 20.8 Å². The van der Waals surface area contributed by atoms with Gasteiger partial charge in [0.2, 0.25) is 5.91 Å². The van der Waals surface area contributed by atoms with Crippen LogP contribution in [0.15, 0.2) is 65.7 Å². The highest BCUT2D eigenvalue weighted by Crippen LogP contribution is 2.19. The van der Waals surface area contributed by atoms with Crippen molar-refractivity contribution in [1.82, 2.24) is 14.9 Å². The van der Waals surface area contributed by atoms with E-state index in [9.17, 15) is 9.59 Å². The molecule has 1 heterocycles. The van der Waals surface area contributed by atoms with Crippen LogP contribution in [0.25, 0.3) is 11.3 Å². The Morgan fingerprint density at radius 3 is 2.52 bits per heavy atom. The van der Waals surface area contributed by atoms with Crippen LogP contribution in [0.1, 0.15) is 5.56 Å². The second kappa shape index (κ2) is 9.54. The normalized spacial score (nSPS) is 10.4. The van der Waals surface area contributed by atoms with Crippen LogP contribution in [0, 0.1) is 0 Å². The predicted molar refractivity (Wildman–Crippen MR) is 110 cm³/mol. The van der Waals surface area contributed by atoms with Gasteiger partial charge >= 0.3 is 0 Å². The minimum atomic E-state index is -0.286. The zero-order valence-corrected chi connectivity index (χ0v) is 16.4. The molecule has 29 heavy (non-hydrogen) atoms. The molecule has 7 heteroatoms. The van der Waals surface area contributed by atoms with Gasteiger partial charge < -0.3 is 14.8 Å². The predicted octanol–water partition coefficient (Wildman–Crippen LogP) is 2.29. The number of hydrogen-bond donors (Lipinski definition) is 1. The van der Waals surface area contributed by atoms with Crippen LogP contribution in [0.5, 0.6) is 11.5 Å². The molecule has 0 aliphatic carbocycles. The first kappa shape index (κ1) is 20.1. The minimum Gasteiger partial charge on any atom is -0.497 e. The van der Waals surface area contributed by atoms with E-state index in [0.717, 1.165) is 22.6 Å². The molecule has 0 aliphatic heterocycles. The number of nitrogens with one attached hydrogen (secondary N) is 1. The van der Waals surface area contributed by atoms with Crippen molar-refractivity contribution < 1.29 is 14.3 Å². The summed E-state index contributed by atoms with van der Waals surface area (Å²) in [7, 11) is 3.21. The van der Waals surface area contributed by atoms with Gasteiger partial charge in [-0.1, -0.05) is 18.2 Å². The van der Waals surface area contributed by atoms with Crippen LogP contribution >= 0.6 is 0 Å². The van der Waals surface area contributed by atoms with Crippen LogP contribution in [0.3, 0.4) is 0 Å². The summed E-state index contributed by atoms with van der Waals surface area (Å²) in [5, 5.41) is 2.82. The monoisotopic (exact) mass is 393 g/mol. The molecule has 3 rings (SSSR count). The maximum Gasteiger partial charge on any atom is 0.254 e. The summed E-state index contributed by atoms with van der Waals surface area (Å²) in [5.74, 6) is 1.27. The first-order chi connectivity index (χ1) is 14.1. The maximum absolute atomic E-state index is 12.4. The van der Waals surface area contributed by atoms with E-state index in [-0.39, 0.29) is 18.0 Å². The molecule has 7 nitrogen and oxygen atoms in total. The molecule has 150 valence electrons. The second-order valence-corrected chi connectivity index (χ2v) is 6.38. The highest BCUT2D eigenvalue weighted by molar-refractivity contribution is 5.75. The van der Waals surface area contributed by atoms with Crippen LogP contribution in [0.2, 0.25) is 0 Å². The molecule has 0 aliphatic rings. The number of amides is 1. The van der Waals surface area contributed by atoms with Gasteiger partial charge in [-0.2, -0.15) is 0 Å². The van der Waals surface area contributed by atoms with Crippen molar-refractivity contribution in [1.29, 1.82) is 0 Å². The number of benzene rings is 2. The Balaban J connectivity index is 1.58. The Labute approximate surface area is 168 Å². The van der Waals surface area contributed by atoms with Gasteiger partial charge in [-0.3, -0.25) is 14.2 Å². The van der Waals surface area contributed by atoms with E-state index < -0.39 is 0 Å². The molecule has 0 saturated heterocycles. The quantitative estimate of drug-likeness (QED) is 0.635. The molecule has 1 aromatic heterocycles. The maximum atomic E-state index is 12.4. The van der Waals surface area contributed by atoms with E-state index in [1.807, 2.05) is 36.4 Å². The second-order valence-electron chi connectivity index (χ2n) is 6.38. The summed E-state index contributed by atoms with van der Waals surface area (Å²) < 4.78 is 11.7. The Morgan fingerprint density at radius 1 is 1.07 bits per heavy atom. The SMILES string of the molecule is COc1ccc(-c2cc(=O)n(CC(=O)NCCc3ccccc3OC)cn2)cc1. The molecule has 2 aromatic carbocycles. The highest BCUT2D eigenvalue weighted by Gasteiger charge is 2.08. The average Bonchev–Trinajstić information content (AvgIpc) is 2.75. The minimum absolute atomic E-state index is 0.0827. The summed E-state index contributed by atoms with van der Waals surface area (Å²) in [6.45, 7) is 0.367. The summed E-state index contributed by atoms with van der Waals surface area (Å²) >= 11 is 0. The lowest BCUT2D eigenvalue weighted by Crippen LogP contribution is -2.33. The molecular formula is C22H23N3O4. The lowest BCUT2D eigenvalue weighted by atomic mass is 10.1. The smallest absolute Gasteiger partial charge is 0.254 e. The van der Waals surface area contributed by atoms with E-state index in [1.54, 1.807) is 26.4 Å². The van der Waals surface area contributed by atoms with Crippen LogP contribution < -0.4 is 20.3 Å². The number of carbonyl (C=O) groups is 1. The number of aromatic nitrogens is 2. The summed E-state index contributed by atoms with van der Waals surface area (Å²) in [6.07, 6.45) is 2.03. The van der Waals surface area contributed by atoms with Gasteiger partial charge in [0.15, 0.2) is 0 Å². The number of rotatable bonds is 8. The van der Waals surface area contributed by atoms with Gasteiger partial charge in [0.05, 0.1) is 26.2 Å². The summed E-state index contributed by atoms with van der Waals surface area (Å²) in [5.41, 5.74) is 2.07. The zero-order valence-electron chi connectivity index (χ0n) is 16.4. The lowest BCUT2D eigenvalue weighted by Gasteiger charge is -2.10. The van der Waals surface area contributed by atoms with Gasteiger partial charge in [-0.05, 0) is 42.3 Å². The van der Waals surface area contributed by atoms with Gasteiger partial charge in [0, 0.05) is 18.2 Å². The van der Waals surface area contributed by atoms with Crippen molar-refractivity contribution in [2.45, 2.75) is 13.0 Å². The molecule has 0 spiro atoms. The number of hydrogen-bond acceptors (Lipinski definition) is 5. The number of ether oxygens (including phenoxy) is 2. The standard InChI is InChI=1S/C22H23N3O4/c1-28-18-9-7-16(8-10-18)19-13-22(27)25(15-24-19)14-21(26)23-12-11-17-5-3-4-6-20(17)29-2/h3-10,13,15H,11-12,14H2,1-2H3,(H,23,26). The largest absolute Gasteiger partial charge is 0.497 e. The third-order valence-electron chi connectivity index (χ3n) is 4.49. The molecule has 0 unspecified atom stereocenters. The van der Waals surface area contributed by atoms with Gasteiger partial charge in [0.25, 0.3) is 5.56 Å². The van der Waals surface area contributed by atoms with E-state index in [1.165, 1.54) is 17.0 Å². The molecule has 0 fully saturated rings. The van der Waals surface area contributed by atoms with E-state index in [4.69, 9.17) is 9.47 Å². The molecule has 0 atom stereocenters. The number of methoxy groups -OCH3 is 2. The highest BCUT2D eigenvalue weighted by atomic mass is 16.5. The lowest BCUT2D eigenvalue weighted by molar-refractivity contribution is -0.121. The third-order valence-corrected chi connectivity index (χ3v) is 4.49. The van der Waals surface area contributed by atoms with Gasteiger partial charge in [-0.15, -0.1) is 0 Å². The number of nitrogens with zero attached hydrogens (tertiary/aromatic N) is 2. The van der Waals surface area contributed by atoms with E-state index in [2.05, 4.69) is 10.3 Å². The van der Waals surface area contributed by atoms with Crippen molar-refractivity contribution in [2.24, 2.45) is 0 Å². The first-order valence-corrected chi connectivity index (χ1v) is 9.20. The Morgan fingerprint density at radius 2 is 1.83 bits per heavy atom.